The van der Waals surface area contributed by atoms with Gasteiger partial charge in [-0.2, -0.15) is 0 Å². The largest absolute Gasteiger partial charge is 0.493 e. The molecular formula is C22H28ClN3O2. The molecule has 28 heavy (non-hydrogen) atoms. The highest BCUT2D eigenvalue weighted by molar-refractivity contribution is 6.30. The first kappa shape index (κ1) is 20.6. The standard InChI is InChI=1S/C22H28ClN3O2/c1-25-12-14-26(15-13-25)17-21(18-5-3-2-4-6-18)24-22(27)11-16-28-20-9-7-19(23)8-10-20/h2-10,21H,11-17H2,1H3,(H,24,27). The van der Waals surface area contributed by atoms with E-state index in [0.29, 0.717) is 23.8 Å². The van der Waals surface area contributed by atoms with Crippen molar-refractivity contribution in [3.05, 3.63) is 65.2 Å². The second-order valence-electron chi connectivity index (χ2n) is 7.19. The van der Waals surface area contributed by atoms with Crippen LogP contribution in [0.15, 0.2) is 54.6 Å². The Morgan fingerprint density at radius 3 is 2.43 bits per heavy atom. The zero-order valence-electron chi connectivity index (χ0n) is 16.3. The van der Waals surface area contributed by atoms with Crippen LogP contribution in [0.5, 0.6) is 5.75 Å². The summed E-state index contributed by atoms with van der Waals surface area (Å²) in [6.07, 6.45) is 0.314. The quantitative estimate of drug-likeness (QED) is 0.737. The summed E-state index contributed by atoms with van der Waals surface area (Å²) in [6.45, 7) is 5.32. The van der Waals surface area contributed by atoms with Gasteiger partial charge in [0.15, 0.2) is 0 Å². The van der Waals surface area contributed by atoms with E-state index in [-0.39, 0.29) is 11.9 Å². The van der Waals surface area contributed by atoms with E-state index in [1.807, 2.05) is 18.2 Å². The van der Waals surface area contributed by atoms with E-state index in [0.717, 1.165) is 38.3 Å². The Kier molecular flexibility index (Phi) is 7.71. The smallest absolute Gasteiger partial charge is 0.223 e. The lowest BCUT2D eigenvalue weighted by atomic mass is 10.1. The lowest BCUT2D eigenvalue weighted by Crippen LogP contribution is -2.47. The maximum atomic E-state index is 12.5. The van der Waals surface area contributed by atoms with E-state index < -0.39 is 0 Å². The average molecular weight is 402 g/mol. The van der Waals surface area contributed by atoms with Crippen LogP contribution in [0.3, 0.4) is 0 Å². The van der Waals surface area contributed by atoms with Gasteiger partial charge in [0.1, 0.15) is 5.75 Å². The van der Waals surface area contributed by atoms with Gasteiger partial charge in [-0.1, -0.05) is 41.9 Å². The van der Waals surface area contributed by atoms with Crippen LogP contribution in [0.2, 0.25) is 5.02 Å². The maximum Gasteiger partial charge on any atom is 0.223 e. The van der Waals surface area contributed by atoms with E-state index in [2.05, 4.69) is 34.3 Å². The van der Waals surface area contributed by atoms with Crippen LogP contribution in [0, 0.1) is 0 Å². The summed E-state index contributed by atoms with van der Waals surface area (Å²) in [5, 5.41) is 3.86. The molecule has 1 heterocycles. The normalized spacial score (nSPS) is 16.5. The van der Waals surface area contributed by atoms with Gasteiger partial charge in [-0.3, -0.25) is 9.69 Å². The molecule has 150 valence electrons. The zero-order chi connectivity index (χ0) is 19.8. The number of hydrogen-bond donors (Lipinski definition) is 1. The number of halogens is 1. The fraction of sp³-hybridized carbons (Fsp3) is 0.409. The highest BCUT2D eigenvalue weighted by Crippen LogP contribution is 2.17. The zero-order valence-corrected chi connectivity index (χ0v) is 17.1. The molecule has 0 aliphatic carbocycles. The van der Waals surface area contributed by atoms with Crippen molar-refractivity contribution in [3.63, 3.8) is 0 Å². The van der Waals surface area contributed by atoms with E-state index in [9.17, 15) is 4.79 Å². The average Bonchev–Trinajstić information content (AvgIpc) is 2.71. The third kappa shape index (κ3) is 6.51. The first-order chi connectivity index (χ1) is 13.6. The third-order valence-electron chi connectivity index (χ3n) is 4.99. The van der Waals surface area contributed by atoms with Crippen LogP contribution in [-0.4, -0.2) is 62.1 Å². The number of rotatable bonds is 8. The van der Waals surface area contributed by atoms with Crippen LogP contribution in [0.25, 0.3) is 0 Å². The lowest BCUT2D eigenvalue weighted by molar-refractivity contribution is -0.122. The van der Waals surface area contributed by atoms with Crippen molar-refractivity contribution in [2.75, 3.05) is 46.4 Å². The number of nitrogens with one attached hydrogen (secondary N) is 1. The molecule has 3 rings (SSSR count). The highest BCUT2D eigenvalue weighted by atomic mass is 35.5. The van der Waals surface area contributed by atoms with Crippen molar-refractivity contribution in [1.29, 1.82) is 0 Å². The number of hydrogen-bond acceptors (Lipinski definition) is 4. The molecule has 0 saturated carbocycles. The summed E-state index contributed by atoms with van der Waals surface area (Å²) in [5.41, 5.74) is 1.13. The van der Waals surface area contributed by atoms with Gasteiger partial charge in [0.2, 0.25) is 5.91 Å². The molecule has 1 atom stereocenters. The molecule has 1 amide bonds. The fourth-order valence-corrected chi connectivity index (χ4v) is 3.39. The molecule has 1 aliphatic heterocycles. The number of likely N-dealkylation sites (N-methyl/N-ethyl adjacent to an activating group) is 1. The van der Waals surface area contributed by atoms with Gasteiger partial charge in [0.05, 0.1) is 19.1 Å². The highest BCUT2D eigenvalue weighted by Gasteiger charge is 2.21. The molecule has 6 heteroatoms. The second-order valence-corrected chi connectivity index (χ2v) is 7.62. The van der Waals surface area contributed by atoms with Gasteiger partial charge >= 0.3 is 0 Å². The minimum atomic E-state index is -0.0207. The van der Waals surface area contributed by atoms with Gasteiger partial charge in [-0.05, 0) is 36.9 Å². The third-order valence-corrected chi connectivity index (χ3v) is 5.24. The Labute approximate surface area is 172 Å². The SMILES string of the molecule is CN1CCN(CC(NC(=O)CCOc2ccc(Cl)cc2)c2ccccc2)CC1. The Hall–Kier alpha value is -2.08. The molecule has 2 aromatic rings. The van der Waals surface area contributed by atoms with Crippen molar-refractivity contribution in [1.82, 2.24) is 15.1 Å². The fourth-order valence-electron chi connectivity index (χ4n) is 3.27. The summed E-state index contributed by atoms with van der Waals surface area (Å²) >= 11 is 5.87. The topological polar surface area (TPSA) is 44.8 Å². The molecule has 1 aliphatic rings. The molecule has 0 bridgehead atoms. The molecule has 1 saturated heterocycles. The molecule has 0 aromatic heterocycles. The van der Waals surface area contributed by atoms with Crippen molar-refractivity contribution in [2.45, 2.75) is 12.5 Å². The monoisotopic (exact) mass is 401 g/mol. The summed E-state index contributed by atoms with van der Waals surface area (Å²) in [5.74, 6) is 0.714. The first-order valence-electron chi connectivity index (χ1n) is 9.74. The molecule has 0 radical (unpaired) electrons. The number of nitrogens with zero attached hydrogens (tertiary/aromatic N) is 2. The molecular weight excluding hydrogens is 374 g/mol. The maximum absolute atomic E-state index is 12.5. The van der Waals surface area contributed by atoms with Gasteiger partial charge in [-0.15, -0.1) is 0 Å². The summed E-state index contributed by atoms with van der Waals surface area (Å²) in [6, 6.07) is 17.3. The predicted molar refractivity (Wildman–Crippen MR) is 113 cm³/mol. The van der Waals surface area contributed by atoms with Gasteiger partial charge in [0.25, 0.3) is 0 Å². The van der Waals surface area contributed by atoms with Gasteiger partial charge in [0, 0.05) is 37.7 Å². The van der Waals surface area contributed by atoms with E-state index in [1.165, 1.54) is 0 Å². The molecule has 2 aromatic carbocycles. The number of benzene rings is 2. The van der Waals surface area contributed by atoms with Crippen molar-refractivity contribution < 1.29 is 9.53 Å². The predicted octanol–water partition coefficient (Wildman–Crippen LogP) is 3.21. The number of carbonyl (C=O) groups excluding carboxylic acids is 1. The first-order valence-corrected chi connectivity index (χ1v) is 10.1. The summed E-state index contributed by atoms with van der Waals surface area (Å²) < 4.78 is 5.65. The Bertz CT molecular complexity index is 731. The minimum absolute atomic E-state index is 0.00283. The van der Waals surface area contributed by atoms with Crippen molar-refractivity contribution in [2.24, 2.45) is 0 Å². The molecule has 0 spiro atoms. The Balaban J connectivity index is 1.52. The summed E-state index contributed by atoms with van der Waals surface area (Å²) in [7, 11) is 2.15. The molecule has 1 N–H and O–H groups in total. The van der Waals surface area contributed by atoms with Crippen LogP contribution in [0.4, 0.5) is 0 Å². The van der Waals surface area contributed by atoms with Crippen LogP contribution in [-0.2, 0) is 4.79 Å². The van der Waals surface area contributed by atoms with Crippen LogP contribution >= 0.6 is 11.6 Å². The second kappa shape index (κ2) is 10.5. The molecule has 1 fully saturated rings. The number of piperazine rings is 1. The lowest BCUT2D eigenvalue weighted by Gasteiger charge is -2.35. The van der Waals surface area contributed by atoms with Crippen molar-refractivity contribution >= 4 is 17.5 Å². The molecule has 5 nitrogen and oxygen atoms in total. The minimum Gasteiger partial charge on any atom is -0.493 e. The number of carbonyl (C=O) groups is 1. The van der Waals surface area contributed by atoms with E-state index >= 15 is 0 Å². The van der Waals surface area contributed by atoms with Crippen molar-refractivity contribution in [3.8, 4) is 5.75 Å². The van der Waals surface area contributed by atoms with Gasteiger partial charge < -0.3 is 15.0 Å². The molecule has 1 unspecified atom stereocenters. The summed E-state index contributed by atoms with van der Waals surface area (Å²) in [4.78, 5) is 17.3. The van der Waals surface area contributed by atoms with Crippen LogP contribution in [0.1, 0.15) is 18.0 Å². The number of ether oxygens (including phenoxy) is 1. The van der Waals surface area contributed by atoms with E-state index in [4.69, 9.17) is 16.3 Å². The van der Waals surface area contributed by atoms with Gasteiger partial charge in [-0.25, -0.2) is 0 Å². The van der Waals surface area contributed by atoms with E-state index in [1.54, 1.807) is 24.3 Å². The van der Waals surface area contributed by atoms with Crippen LogP contribution < -0.4 is 10.1 Å². The Morgan fingerprint density at radius 1 is 1.07 bits per heavy atom. The Morgan fingerprint density at radius 2 is 1.75 bits per heavy atom. The number of amides is 1.